The molecule has 13 heavy (non-hydrogen) atoms. The molecule has 0 amide bonds. The Kier molecular flexibility index (Phi) is 2.14. The van der Waals surface area contributed by atoms with Crippen LogP contribution >= 0.6 is 23.2 Å². The molecule has 2 aromatic heterocycles. The van der Waals surface area contributed by atoms with E-state index in [1.807, 2.05) is 23.8 Å². The number of hydrogen-bond donors (Lipinski definition) is 0. The molecule has 0 unspecified atom stereocenters. The first-order valence-electron chi connectivity index (χ1n) is 3.90. The number of aromatic nitrogens is 3. The van der Waals surface area contributed by atoms with Gasteiger partial charge in [-0.3, -0.25) is 0 Å². The van der Waals surface area contributed by atoms with Crippen LogP contribution in [-0.4, -0.2) is 14.5 Å². The lowest BCUT2D eigenvalue weighted by Gasteiger charge is -1.99. The Morgan fingerprint density at radius 2 is 2.15 bits per heavy atom. The number of rotatable bonds is 1. The third kappa shape index (κ3) is 1.38. The van der Waals surface area contributed by atoms with Crippen molar-refractivity contribution in [1.82, 2.24) is 14.5 Å². The first-order chi connectivity index (χ1) is 6.22. The van der Waals surface area contributed by atoms with Gasteiger partial charge < -0.3 is 4.57 Å². The Labute approximate surface area is 85.3 Å². The topological polar surface area (TPSA) is 30.7 Å². The lowest BCUT2D eigenvalue weighted by molar-refractivity contribution is 0.786. The molecule has 0 fully saturated rings. The standard InChI is InChI=1S/C8H7Cl2N3/c1-2-13-4-3-5-6(9)11-8(10)12-7(5)13/h3-4H,2H2,1H3. The van der Waals surface area contributed by atoms with Crippen molar-refractivity contribution < 1.29 is 0 Å². The molecule has 2 aromatic rings. The fourth-order valence-corrected chi connectivity index (χ4v) is 1.69. The minimum absolute atomic E-state index is 0.186. The molecule has 68 valence electrons. The third-order valence-electron chi connectivity index (χ3n) is 1.89. The summed E-state index contributed by atoms with van der Waals surface area (Å²) >= 11 is 11.6. The maximum Gasteiger partial charge on any atom is 0.225 e. The van der Waals surface area contributed by atoms with Crippen LogP contribution < -0.4 is 0 Å². The van der Waals surface area contributed by atoms with E-state index in [-0.39, 0.29) is 5.28 Å². The largest absolute Gasteiger partial charge is 0.333 e. The summed E-state index contributed by atoms with van der Waals surface area (Å²) in [5.41, 5.74) is 0.785. The van der Waals surface area contributed by atoms with Gasteiger partial charge in [-0.15, -0.1) is 0 Å². The van der Waals surface area contributed by atoms with Crippen molar-refractivity contribution in [3.8, 4) is 0 Å². The van der Waals surface area contributed by atoms with Crippen LogP contribution in [0.15, 0.2) is 12.3 Å². The molecule has 0 bridgehead atoms. The molecule has 0 aromatic carbocycles. The summed E-state index contributed by atoms with van der Waals surface area (Å²) < 4.78 is 1.97. The molecule has 0 radical (unpaired) electrons. The number of halogens is 2. The first-order valence-corrected chi connectivity index (χ1v) is 4.66. The predicted molar refractivity (Wildman–Crippen MR) is 53.2 cm³/mol. The van der Waals surface area contributed by atoms with E-state index in [9.17, 15) is 0 Å². The van der Waals surface area contributed by atoms with Crippen molar-refractivity contribution in [2.45, 2.75) is 13.5 Å². The minimum atomic E-state index is 0.186. The Morgan fingerprint density at radius 3 is 2.85 bits per heavy atom. The Morgan fingerprint density at radius 1 is 1.38 bits per heavy atom. The van der Waals surface area contributed by atoms with Crippen LogP contribution in [0.3, 0.4) is 0 Å². The van der Waals surface area contributed by atoms with Gasteiger partial charge in [-0.2, -0.15) is 4.98 Å². The van der Waals surface area contributed by atoms with Gasteiger partial charge in [0.1, 0.15) is 10.8 Å². The van der Waals surface area contributed by atoms with Crippen LogP contribution in [0.2, 0.25) is 10.4 Å². The molecule has 0 aliphatic rings. The van der Waals surface area contributed by atoms with E-state index in [0.717, 1.165) is 17.6 Å². The summed E-state index contributed by atoms with van der Waals surface area (Å²) in [6.07, 6.45) is 1.92. The van der Waals surface area contributed by atoms with Gasteiger partial charge >= 0.3 is 0 Å². The van der Waals surface area contributed by atoms with E-state index in [4.69, 9.17) is 23.2 Å². The minimum Gasteiger partial charge on any atom is -0.333 e. The normalized spacial score (nSPS) is 11.0. The van der Waals surface area contributed by atoms with E-state index in [1.54, 1.807) is 0 Å². The maximum atomic E-state index is 5.88. The molecule has 0 N–H and O–H groups in total. The quantitative estimate of drug-likeness (QED) is 0.542. The fraction of sp³-hybridized carbons (Fsp3) is 0.250. The molecule has 0 aliphatic carbocycles. The number of fused-ring (bicyclic) bond motifs is 1. The number of hydrogen-bond acceptors (Lipinski definition) is 2. The van der Waals surface area contributed by atoms with Crippen LogP contribution in [-0.2, 0) is 6.54 Å². The molecule has 0 spiro atoms. The second kappa shape index (κ2) is 3.16. The monoisotopic (exact) mass is 215 g/mol. The van der Waals surface area contributed by atoms with Gasteiger partial charge in [0.15, 0.2) is 0 Å². The highest BCUT2D eigenvalue weighted by molar-refractivity contribution is 6.35. The summed E-state index contributed by atoms with van der Waals surface area (Å²) in [6, 6.07) is 1.89. The van der Waals surface area contributed by atoms with E-state index < -0.39 is 0 Å². The molecular formula is C8H7Cl2N3. The molecule has 0 saturated carbocycles. The van der Waals surface area contributed by atoms with Gasteiger partial charge in [-0.05, 0) is 24.6 Å². The van der Waals surface area contributed by atoms with Crippen molar-refractivity contribution >= 4 is 34.2 Å². The zero-order chi connectivity index (χ0) is 9.42. The summed E-state index contributed by atoms with van der Waals surface area (Å²) in [5, 5.41) is 1.43. The SMILES string of the molecule is CCn1ccc2c(Cl)nc(Cl)nc21. The van der Waals surface area contributed by atoms with Gasteiger partial charge in [0.05, 0.1) is 5.39 Å². The van der Waals surface area contributed by atoms with Crippen LogP contribution in [0.5, 0.6) is 0 Å². The smallest absolute Gasteiger partial charge is 0.225 e. The Balaban J connectivity index is 2.82. The lowest BCUT2D eigenvalue weighted by Crippen LogP contribution is -1.94. The van der Waals surface area contributed by atoms with E-state index >= 15 is 0 Å². The van der Waals surface area contributed by atoms with Crippen molar-refractivity contribution in [3.63, 3.8) is 0 Å². The number of nitrogens with zero attached hydrogens (tertiary/aromatic N) is 3. The highest BCUT2D eigenvalue weighted by Crippen LogP contribution is 2.22. The summed E-state index contributed by atoms with van der Waals surface area (Å²) in [6.45, 7) is 2.87. The van der Waals surface area contributed by atoms with Crippen molar-refractivity contribution in [2.24, 2.45) is 0 Å². The van der Waals surface area contributed by atoms with E-state index in [0.29, 0.717) is 5.15 Å². The number of aryl methyl sites for hydroxylation is 1. The fourth-order valence-electron chi connectivity index (χ4n) is 1.26. The predicted octanol–water partition coefficient (Wildman–Crippen LogP) is 2.76. The van der Waals surface area contributed by atoms with Crippen LogP contribution in [0.4, 0.5) is 0 Å². The zero-order valence-electron chi connectivity index (χ0n) is 6.96. The second-order valence-electron chi connectivity index (χ2n) is 2.62. The molecular weight excluding hydrogens is 209 g/mol. The van der Waals surface area contributed by atoms with Crippen LogP contribution in [0.25, 0.3) is 11.0 Å². The average molecular weight is 216 g/mol. The van der Waals surface area contributed by atoms with Gasteiger partial charge in [-0.25, -0.2) is 4.98 Å². The van der Waals surface area contributed by atoms with Gasteiger partial charge in [0, 0.05) is 12.7 Å². The lowest BCUT2D eigenvalue weighted by atomic mass is 10.4. The molecule has 0 aliphatic heterocycles. The summed E-state index contributed by atoms with van der Waals surface area (Å²) in [7, 11) is 0. The molecule has 0 saturated heterocycles. The molecule has 0 atom stereocenters. The highest BCUT2D eigenvalue weighted by atomic mass is 35.5. The first kappa shape index (κ1) is 8.78. The average Bonchev–Trinajstić information content (AvgIpc) is 2.47. The van der Waals surface area contributed by atoms with Gasteiger partial charge in [0.25, 0.3) is 0 Å². The highest BCUT2D eigenvalue weighted by Gasteiger charge is 2.07. The molecule has 2 rings (SSSR count). The molecule has 2 heterocycles. The molecule has 5 heteroatoms. The summed E-state index contributed by atoms with van der Waals surface area (Å²) in [5.74, 6) is 0. The zero-order valence-corrected chi connectivity index (χ0v) is 8.47. The van der Waals surface area contributed by atoms with Crippen LogP contribution in [0.1, 0.15) is 6.92 Å². The van der Waals surface area contributed by atoms with E-state index in [2.05, 4.69) is 9.97 Å². The van der Waals surface area contributed by atoms with Crippen molar-refractivity contribution in [2.75, 3.05) is 0 Å². The van der Waals surface area contributed by atoms with Gasteiger partial charge in [0.2, 0.25) is 5.28 Å². The Hall–Kier alpha value is -0.800. The van der Waals surface area contributed by atoms with E-state index in [1.165, 1.54) is 0 Å². The Bertz CT molecular complexity index is 450. The van der Waals surface area contributed by atoms with Crippen molar-refractivity contribution in [3.05, 3.63) is 22.7 Å². The van der Waals surface area contributed by atoms with Crippen molar-refractivity contribution in [1.29, 1.82) is 0 Å². The second-order valence-corrected chi connectivity index (χ2v) is 3.32. The molecule has 3 nitrogen and oxygen atoms in total. The summed E-state index contributed by atoms with van der Waals surface area (Å²) in [4.78, 5) is 7.96. The third-order valence-corrected chi connectivity index (χ3v) is 2.34. The van der Waals surface area contributed by atoms with Crippen LogP contribution in [0, 0.1) is 0 Å². The maximum absolute atomic E-state index is 5.88. The van der Waals surface area contributed by atoms with Gasteiger partial charge in [-0.1, -0.05) is 11.6 Å².